The smallest absolute Gasteiger partial charge is 0.348 e. The molecule has 1 aromatic carbocycles. The molecule has 2 rings (SSSR count). The average molecular weight is 473 g/mol. The van der Waals surface area contributed by atoms with Crippen LogP contribution >= 0.6 is 11.3 Å². The number of amides is 1. The van der Waals surface area contributed by atoms with Gasteiger partial charge < -0.3 is 14.8 Å². The highest BCUT2D eigenvalue weighted by atomic mass is 32.2. The van der Waals surface area contributed by atoms with Crippen LogP contribution in [0, 0.1) is 12.7 Å². The molecule has 0 fully saturated rings. The molecule has 1 amide bonds. The highest BCUT2D eigenvalue weighted by Crippen LogP contribution is 2.34. The molecule has 0 spiro atoms. The summed E-state index contributed by atoms with van der Waals surface area (Å²) in [4.78, 5) is 36.8. The maximum atomic E-state index is 13.1. The molecule has 1 atom stereocenters. The number of benzene rings is 1. The molecular weight excluding hydrogens is 451 g/mol. The van der Waals surface area contributed by atoms with Crippen molar-refractivity contribution in [3.63, 3.8) is 0 Å². The van der Waals surface area contributed by atoms with Gasteiger partial charge in [0.2, 0.25) is 15.9 Å². The van der Waals surface area contributed by atoms with Crippen LogP contribution in [0.4, 0.5) is 9.39 Å². The van der Waals surface area contributed by atoms with E-state index in [1.54, 1.807) is 6.92 Å². The monoisotopic (exact) mass is 472 g/mol. The quantitative estimate of drug-likeness (QED) is 0.565. The molecule has 2 N–H and O–H groups in total. The SMILES string of the molecule is CCC(NS(=O)(=O)c1ccc(F)cc1)C(=O)Nc1sc(C(=O)OC)c(C)c1C(=O)OC. The van der Waals surface area contributed by atoms with Crippen molar-refractivity contribution in [1.29, 1.82) is 0 Å². The molecule has 168 valence electrons. The number of thiophene rings is 1. The Kier molecular flexibility index (Phi) is 7.87. The minimum atomic E-state index is -4.12. The van der Waals surface area contributed by atoms with Gasteiger partial charge in [0.15, 0.2) is 0 Å². The summed E-state index contributed by atoms with van der Waals surface area (Å²) >= 11 is 0.808. The van der Waals surface area contributed by atoms with Crippen LogP contribution in [0.25, 0.3) is 0 Å². The first kappa shape index (κ1) is 24.4. The van der Waals surface area contributed by atoms with E-state index in [-0.39, 0.29) is 32.3 Å². The molecule has 9 nitrogen and oxygen atoms in total. The van der Waals surface area contributed by atoms with Crippen molar-refractivity contribution < 1.29 is 36.7 Å². The van der Waals surface area contributed by atoms with Crippen molar-refractivity contribution in [2.75, 3.05) is 19.5 Å². The van der Waals surface area contributed by atoms with E-state index in [0.717, 1.165) is 42.7 Å². The molecule has 12 heteroatoms. The van der Waals surface area contributed by atoms with Gasteiger partial charge >= 0.3 is 11.9 Å². The van der Waals surface area contributed by atoms with Gasteiger partial charge in [-0.05, 0) is 43.2 Å². The molecule has 0 saturated heterocycles. The van der Waals surface area contributed by atoms with Crippen LogP contribution in [0.5, 0.6) is 0 Å². The lowest BCUT2D eigenvalue weighted by Crippen LogP contribution is -2.43. The van der Waals surface area contributed by atoms with Gasteiger partial charge in [-0.1, -0.05) is 6.92 Å². The lowest BCUT2D eigenvalue weighted by Gasteiger charge is -2.17. The number of carbonyl (C=O) groups is 3. The predicted molar refractivity (Wildman–Crippen MR) is 111 cm³/mol. The molecule has 1 unspecified atom stereocenters. The Morgan fingerprint density at radius 2 is 1.68 bits per heavy atom. The highest BCUT2D eigenvalue weighted by molar-refractivity contribution is 7.89. The van der Waals surface area contributed by atoms with Crippen LogP contribution in [0.2, 0.25) is 0 Å². The van der Waals surface area contributed by atoms with Crippen LogP contribution in [-0.2, 0) is 24.3 Å². The summed E-state index contributed by atoms with van der Waals surface area (Å²) in [5, 5.41) is 2.51. The highest BCUT2D eigenvalue weighted by Gasteiger charge is 2.30. The number of hydrogen-bond donors (Lipinski definition) is 2. The summed E-state index contributed by atoms with van der Waals surface area (Å²) in [5.41, 5.74) is 0.233. The van der Waals surface area contributed by atoms with Gasteiger partial charge in [0, 0.05) is 0 Å². The van der Waals surface area contributed by atoms with Crippen molar-refractivity contribution in [1.82, 2.24) is 4.72 Å². The number of methoxy groups -OCH3 is 2. The fourth-order valence-corrected chi connectivity index (χ4v) is 5.02. The van der Waals surface area contributed by atoms with E-state index in [2.05, 4.69) is 14.8 Å². The van der Waals surface area contributed by atoms with Crippen molar-refractivity contribution in [2.24, 2.45) is 0 Å². The Morgan fingerprint density at radius 1 is 1.10 bits per heavy atom. The van der Waals surface area contributed by atoms with Crippen LogP contribution in [0.3, 0.4) is 0 Å². The van der Waals surface area contributed by atoms with Gasteiger partial charge in [-0.25, -0.2) is 22.4 Å². The number of nitrogens with one attached hydrogen (secondary N) is 2. The molecule has 0 aliphatic carbocycles. The Hall–Kier alpha value is -2.83. The van der Waals surface area contributed by atoms with E-state index >= 15 is 0 Å². The van der Waals surface area contributed by atoms with E-state index in [4.69, 9.17) is 4.74 Å². The van der Waals surface area contributed by atoms with Gasteiger partial charge in [-0.3, -0.25) is 4.79 Å². The Labute approximate surface area is 182 Å². The van der Waals surface area contributed by atoms with Gasteiger partial charge in [0.25, 0.3) is 0 Å². The second-order valence-electron chi connectivity index (χ2n) is 6.27. The summed E-state index contributed by atoms with van der Waals surface area (Å²) in [6.45, 7) is 3.08. The fraction of sp³-hybridized carbons (Fsp3) is 0.316. The van der Waals surface area contributed by atoms with Crippen molar-refractivity contribution in [3.05, 3.63) is 46.1 Å². The van der Waals surface area contributed by atoms with E-state index in [1.165, 1.54) is 14.0 Å². The standard InChI is InChI=1S/C19H21FN2O7S2/c1-5-13(22-31(26,27)12-8-6-11(20)7-9-12)16(23)21-17-14(18(24)28-3)10(2)15(30-17)19(25)29-4/h6-9,13,22H,5H2,1-4H3,(H,21,23). The number of ether oxygens (including phenoxy) is 2. The Morgan fingerprint density at radius 3 is 2.19 bits per heavy atom. The zero-order valence-corrected chi connectivity index (χ0v) is 18.8. The molecule has 0 bridgehead atoms. The van der Waals surface area contributed by atoms with E-state index in [9.17, 15) is 27.2 Å². The normalized spacial score (nSPS) is 12.2. The Bertz CT molecular complexity index is 1100. The third-order valence-corrected chi connectivity index (χ3v) is 6.96. The summed E-state index contributed by atoms with van der Waals surface area (Å²) < 4.78 is 49.8. The number of rotatable bonds is 8. The van der Waals surface area contributed by atoms with Gasteiger partial charge in [0.1, 0.15) is 21.7 Å². The molecule has 0 aliphatic heterocycles. The maximum absolute atomic E-state index is 13.1. The topological polar surface area (TPSA) is 128 Å². The second-order valence-corrected chi connectivity index (χ2v) is 9.00. The summed E-state index contributed by atoms with van der Waals surface area (Å²) in [6.07, 6.45) is 0.0774. The van der Waals surface area contributed by atoms with Crippen LogP contribution in [0.1, 0.15) is 38.9 Å². The third kappa shape index (κ3) is 5.46. The van der Waals surface area contributed by atoms with E-state index < -0.39 is 39.7 Å². The average Bonchev–Trinajstić information content (AvgIpc) is 3.06. The van der Waals surface area contributed by atoms with E-state index in [0.29, 0.717) is 0 Å². The summed E-state index contributed by atoms with van der Waals surface area (Å²) in [7, 11) is -1.79. The number of sulfonamides is 1. The number of esters is 2. The number of carbonyl (C=O) groups excluding carboxylic acids is 3. The molecule has 1 heterocycles. The van der Waals surface area contributed by atoms with Crippen LogP contribution in [0.15, 0.2) is 29.2 Å². The van der Waals surface area contributed by atoms with Crippen molar-refractivity contribution in [3.8, 4) is 0 Å². The number of hydrogen-bond acceptors (Lipinski definition) is 8. The Balaban J connectivity index is 2.32. The van der Waals surface area contributed by atoms with Crippen LogP contribution in [-0.4, -0.2) is 46.5 Å². The fourth-order valence-electron chi connectivity index (χ4n) is 2.63. The van der Waals surface area contributed by atoms with Crippen LogP contribution < -0.4 is 10.0 Å². The third-order valence-electron chi connectivity index (χ3n) is 4.29. The zero-order valence-electron chi connectivity index (χ0n) is 17.1. The minimum absolute atomic E-state index is 0.0224. The predicted octanol–water partition coefficient (Wildman–Crippen LogP) is 2.46. The molecule has 2 aromatic rings. The first-order valence-corrected chi connectivity index (χ1v) is 11.2. The molecule has 0 radical (unpaired) electrons. The van der Waals surface area contributed by atoms with E-state index in [1.807, 2.05) is 0 Å². The lowest BCUT2D eigenvalue weighted by molar-refractivity contribution is -0.117. The lowest BCUT2D eigenvalue weighted by atomic mass is 10.1. The zero-order chi connectivity index (χ0) is 23.3. The van der Waals surface area contributed by atoms with Crippen molar-refractivity contribution in [2.45, 2.75) is 31.2 Å². The molecule has 1 aromatic heterocycles. The molecule has 0 aliphatic rings. The largest absolute Gasteiger partial charge is 0.465 e. The second kappa shape index (κ2) is 9.98. The van der Waals surface area contributed by atoms with Gasteiger partial charge in [0.05, 0.1) is 24.7 Å². The van der Waals surface area contributed by atoms with Crippen molar-refractivity contribution >= 4 is 44.2 Å². The summed E-state index contributed by atoms with van der Waals surface area (Å²) in [6, 6.07) is 2.91. The van der Waals surface area contributed by atoms with Gasteiger partial charge in [-0.15, -0.1) is 11.3 Å². The number of halogens is 1. The first-order chi connectivity index (χ1) is 14.5. The summed E-state index contributed by atoms with van der Waals surface area (Å²) in [5.74, 6) is -2.83. The number of anilines is 1. The van der Waals surface area contributed by atoms with Gasteiger partial charge in [-0.2, -0.15) is 4.72 Å². The minimum Gasteiger partial charge on any atom is -0.465 e. The molecule has 0 saturated carbocycles. The molecule has 31 heavy (non-hydrogen) atoms. The first-order valence-electron chi connectivity index (χ1n) is 8.94. The molecular formula is C19H21FN2O7S2. The maximum Gasteiger partial charge on any atom is 0.348 e.